The largest absolute Gasteiger partial charge is 0.379 e. The molecule has 1 aromatic rings. The van der Waals surface area contributed by atoms with Crippen molar-refractivity contribution < 1.29 is 14.3 Å². The predicted octanol–water partition coefficient (Wildman–Crippen LogP) is 2.75. The lowest BCUT2D eigenvalue weighted by Crippen LogP contribution is -2.38. The highest BCUT2D eigenvalue weighted by molar-refractivity contribution is 5.81. The Morgan fingerprint density at radius 2 is 2.14 bits per heavy atom. The molecule has 0 N–H and O–H groups in total. The van der Waals surface area contributed by atoms with Crippen LogP contribution in [0.1, 0.15) is 37.3 Å². The molecule has 0 unspecified atom stereocenters. The smallest absolute Gasteiger partial charge is 0.251 e. The highest BCUT2D eigenvalue weighted by atomic mass is 16.5. The molecule has 1 heterocycles. The van der Waals surface area contributed by atoms with Crippen LogP contribution >= 0.6 is 0 Å². The number of nitrogens with zero attached hydrogens (tertiary/aromatic N) is 1. The number of hydrogen-bond acceptors (Lipinski definition) is 3. The zero-order valence-corrected chi connectivity index (χ0v) is 13.9. The van der Waals surface area contributed by atoms with E-state index < -0.39 is 6.10 Å². The molecule has 0 aromatic heterocycles. The Hall–Kier alpha value is -1.39. The van der Waals surface area contributed by atoms with Gasteiger partial charge in [0.1, 0.15) is 6.10 Å². The second-order valence-electron chi connectivity index (χ2n) is 5.84. The Morgan fingerprint density at radius 3 is 2.86 bits per heavy atom. The lowest BCUT2D eigenvalue weighted by molar-refractivity contribution is -0.142. The van der Waals surface area contributed by atoms with E-state index in [-0.39, 0.29) is 5.91 Å². The molecule has 2 rings (SSSR count). The first-order valence-electron chi connectivity index (χ1n) is 8.17. The number of hydrogen-bond donors (Lipinski definition) is 0. The zero-order valence-electron chi connectivity index (χ0n) is 13.9. The molecule has 22 heavy (non-hydrogen) atoms. The third-order valence-electron chi connectivity index (χ3n) is 4.28. The van der Waals surface area contributed by atoms with Gasteiger partial charge in [0.2, 0.25) is 0 Å². The minimum Gasteiger partial charge on any atom is -0.379 e. The summed E-state index contributed by atoms with van der Waals surface area (Å²) >= 11 is 0. The molecule has 0 saturated carbocycles. The van der Waals surface area contributed by atoms with Crippen molar-refractivity contribution in [3.63, 3.8) is 0 Å². The van der Waals surface area contributed by atoms with E-state index in [2.05, 4.69) is 31.2 Å². The van der Waals surface area contributed by atoms with Gasteiger partial charge in [-0.15, -0.1) is 0 Å². The lowest BCUT2D eigenvalue weighted by atomic mass is 9.94. The summed E-state index contributed by atoms with van der Waals surface area (Å²) in [6.45, 7) is 9.21. The third kappa shape index (κ3) is 4.31. The van der Waals surface area contributed by atoms with Crippen LogP contribution in [0.4, 0.5) is 0 Å². The zero-order chi connectivity index (χ0) is 15.9. The summed E-state index contributed by atoms with van der Waals surface area (Å²) in [5.74, 6) is 0.536. The number of amides is 1. The van der Waals surface area contributed by atoms with Crippen molar-refractivity contribution in [3.8, 4) is 0 Å². The second-order valence-corrected chi connectivity index (χ2v) is 5.84. The van der Waals surface area contributed by atoms with Gasteiger partial charge < -0.3 is 14.4 Å². The average molecular weight is 305 g/mol. The van der Waals surface area contributed by atoms with Gasteiger partial charge in [-0.2, -0.15) is 0 Å². The normalized spacial score (nSPS) is 19.4. The van der Waals surface area contributed by atoms with Crippen molar-refractivity contribution in [2.24, 2.45) is 0 Å². The van der Waals surface area contributed by atoms with Crippen LogP contribution in [0.25, 0.3) is 0 Å². The second kappa shape index (κ2) is 8.30. The van der Waals surface area contributed by atoms with E-state index in [4.69, 9.17) is 9.47 Å². The Bertz CT molecular complexity index is 489. The van der Waals surface area contributed by atoms with Gasteiger partial charge in [0.15, 0.2) is 0 Å². The number of ether oxygens (including phenoxy) is 2. The van der Waals surface area contributed by atoms with Crippen LogP contribution in [-0.4, -0.2) is 49.8 Å². The third-order valence-corrected chi connectivity index (χ3v) is 4.28. The highest BCUT2D eigenvalue weighted by Crippen LogP contribution is 2.29. The van der Waals surface area contributed by atoms with E-state index in [1.807, 2.05) is 18.7 Å². The van der Waals surface area contributed by atoms with Gasteiger partial charge in [0, 0.05) is 25.6 Å². The topological polar surface area (TPSA) is 38.8 Å². The van der Waals surface area contributed by atoms with Crippen molar-refractivity contribution in [2.75, 3.05) is 32.9 Å². The van der Waals surface area contributed by atoms with Gasteiger partial charge in [-0.3, -0.25) is 4.79 Å². The molecule has 122 valence electrons. The van der Waals surface area contributed by atoms with Crippen LogP contribution in [-0.2, 0) is 14.3 Å². The van der Waals surface area contributed by atoms with Gasteiger partial charge in [-0.05, 0) is 38.3 Å². The molecule has 1 fully saturated rings. The van der Waals surface area contributed by atoms with Crippen LogP contribution in [0, 0.1) is 6.92 Å². The molecule has 1 amide bonds. The number of rotatable bonds is 7. The highest BCUT2D eigenvalue weighted by Gasteiger charge is 2.30. The maximum atomic E-state index is 12.4. The summed E-state index contributed by atoms with van der Waals surface area (Å²) < 4.78 is 10.8. The first kappa shape index (κ1) is 17.0. The van der Waals surface area contributed by atoms with Gasteiger partial charge in [0.25, 0.3) is 5.91 Å². The Labute approximate surface area is 133 Å². The molecule has 0 radical (unpaired) electrons. The molecule has 1 saturated heterocycles. The van der Waals surface area contributed by atoms with Crippen LogP contribution in [0.3, 0.4) is 0 Å². The van der Waals surface area contributed by atoms with Crippen molar-refractivity contribution in [1.29, 1.82) is 0 Å². The van der Waals surface area contributed by atoms with Crippen LogP contribution in [0.2, 0.25) is 0 Å². The van der Waals surface area contributed by atoms with Gasteiger partial charge >= 0.3 is 0 Å². The van der Waals surface area contributed by atoms with Crippen molar-refractivity contribution >= 4 is 5.91 Å². The number of carbonyl (C=O) groups excluding carboxylic acids is 1. The van der Waals surface area contributed by atoms with E-state index in [0.29, 0.717) is 25.7 Å². The number of benzene rings is 1. The Kier molecular flexibility index (Phi) is 6.40. The van der Waals surface area contributed by atoms with Crippen molar-refractivity contribution in [2.45, 2.75) is 39.2 Å². The fourth-order valence-electron chi connectivity index (χ4n) is 3.02. The van der Waals surface area contributed by atoms with E-state index in [0.717, 1.165) is 19.5 Å². The maximum Gasteiger partial charge on any atom is 0.251 e. The molecule has 1 aliphatic heterocycles. The van der Waals surface area contributed by atoms with E-state index in [1.54, 1.807) is 0 Å². The molecule has 1 aliphatic rings. The van der Waals surface area contributed by atoms with Gasteiger partial charge in [0.05, 0.1) is 13.2 Å². The Morgan fingerprint density at radius 1 is 1.36 bits per heavy atom. The molecule has 4 heteroatoms. The molecule has 4 nitrogen and oxygen atoms in total. The molecule has 2 atom stereocenters. The number of carbonyl (C=O) groups is 1. The molecule has 0 spiro atoms. The maximum absolute atomic E-state index is 12.4. The monoisotopic (exact) mass is 305 g/mol. The predicted molar refractivity (Wildman–Crippen MR) is 87.0 cm³/mol. The SMILES string of the molecule is CCOCCO[C@@H](C)C(=O)N1CC[C@@H](c2ccccc2C)C1. The molecular formula is C18H27NO3. The van der Waals surface area contributed by atoms with Gasteiger partial charge in [-0.1, -0.05) is 24.3 Å². The van der Waals surface area contributed by atoms with Crippen molar-refractivity contribution in [1.82, 2.24) is 4.90 Å². The summed E-state index contributed by atoms with van der Waals surface area (Å²) in [5, 5.41) is 0. The summed E-state index contributed by atoms with van der Waals surface area (Å²) in [6, 6.07) is 8.45. The first-order chi connectivity index (χ1) is 10.6. The van der Waals surface area contributed by atoms with Crippen LogP contribution in [0.5, 0.6) is 0 Å². The average Bonchev–Trinajstić information content (AvgIpc) is 3.00. The Balaban J connectivity index is 1.84. The van der Waals surface area contributed by atoms with Gasteiger partial charge in [-0.25, -0.2) is 0 Å². The molecule has 0 aliphatic carbocycles. The summed E-state index contributed by atoms with van der Waals surface area (Å²) in [7, 11) is 0. The fourth-order valence-corrected chi connectivity index (χ4v) is 3.02. The fraction of sp³-hybridized carbons (Fsp3) is 0.611. The standard InChI is InChI=1S/C18H27NO3/c1-4-21-11-12-22-15(3)18(20)19-10-9-16(13-19)17-8-6-5-7-14(17)2/h5-8,15-16H,4,9-13H2,1-3H3/t15-,16+/m0/s1. The van der Waals surface area contributed by atoms with E-state index >= 15 is 0 Å². The summed E-state index contributed by atoms with van der Waals surface area (Å²) in [4.78, 5) is 14.4. The lowest BCUT2D eigenvalue weighted by Gasteiger charge is -2.21. The van der Waals surface area contributed by atoms with E-state index in [9.17, 15) is 4.79 Å². The minimum absolute atomic E-state index is 0.0904. The minimum atomic E-state index is -0.393. The first-order valence-corrected chi connectivity index (χ1v) is 8.17. The molecular weight excluding hydrogens is 278 g/mol. The van der Waals surface area contributed by atoms with Crippen LogP contribution < -0.4 is 0 Å². The molecule has 0 bridgehead atoms. The molecule has 1 aromatic carbocycles. The van der Waals surface area contributed by atoms with Crippen molar-refractivity contribution in [3.05, 3.63) is 35.4 Å². The number of aryl methyl sites for hydroxylation is 1. The quantitative estimate of drug-likeness (QED) is 0.727. The number of likely N-dealkylation sites (tertiary alicyclic amines) is 1. The summed E-state index contributed by atoms with van der Waals surface area (Å²) in [5.41, 5.74) is 2.67. The summed E-state index contributed by atoms with van der Waals surface area (Å²) in [6.07, 6.45) is 0.637. The van der Waals surface area contributed by atoms with E-state index in [1.165, 1.54) is 11.1 Å². The van der Waals surface area contributed by atoms with Crippen LogP contribution in [0.15, 0.2) is 24.3 Å².